The van der Waals surface area contributed by atoms with Crippen LogP contribution >= 0.6 is 0 Å². The molecule has 8 atom stereocenters. The van der Waals surface area contributed by atoms with Crippen molar-refractivity contribution in [2.45, 2.75) is 73.1 Å². The van der Waals surface area contributed by atoms with Crippen LogP contribution < -0.4 is 20.6 Å². The van der Waals surface area contributed by atoms with Crippen LogP contribution in [-0.2, 0) is 40.1 Å². The molecule has 28 heteroatoms. The van der Waals surface area contributed by atoms with Gasteiger partial charge in [0.15, 0.2) is 0 Å². The van der Waals surface area contributed by atoms with Crippen LogP contribution in [0.15, 0.2) is 73.3 Å². The van der Waals surface area contributed by atoms with Crippen molar-refractivity contribution in [1.82, 2.24) is 19.9 Å². The summed E-state index contributed by atoms with van der Waals surface area (Å²) in [4.78, 5) is 14.3. The molecule has 4 heterocycles. The first-order chi connectivity index (χ1) is 27.3. The standard InChI is InChI=1S/4C8H11FN2O3S/c4*1-5(15(10,13)14)8(12)7-3-2-6(9)4-11-7/h4*2-5,8,12H,1H3,(H2,10,13,14)/t2*5-,8+;2*5-,8-/m1010/s1. The largest absolute Gasteiger partial charge is 0.385 e. The van der Waals surface area contributed by atoms with E-state index >= 15 is 0 Å². The molecule has 0 aliphatic rings. The summed E-state index contributed by atoms with van der Waals surface area (Å²) in [5, 5.41) is 53.0. The summed E-state index contributed by atoms with van der Waals surface area (Å²) >= 11 is 0. The van der Waals surface area contributed by atoms with Gasteiger partial charge in [0.1, 0.15) is 68.7 Å². The van der Waals surface area contributed by atoms with Gasteiger partial charge in [-0.15, -0.1) is 0 Å². The Bertz CT molecular complexity index is 2070. The molecule has 0 spiro atoms. The van der Waals surface area contributed by atoms with Crippen LogP contribution in [0.2, 0.25) is 0 Å². The number of nitrogens with two attached hydrogens (primary N) is 4. The first-order valence-corrected chi connectivity index (χ1v) is 23.0. The molecule has 12 N–H and O–H groups in total. The number of pyridine rings is 4. The average molecular weight is 937 g/mol. The van der Waals surface area contributed by atoms with Gasteiger partial charge in [0.05, 0.1) is 47.6 Å². The number of rotatable bonds is 12. The van der Waals surface area contributed by atoms with Gasteiger partial charge in [0.2, 0.25) is 40.1 Å². The van der Waals surface area contributed by atoms with E-state index in [1.165, 1.54) is 52.0 Å². The van der Waals surface area contributed by atoms with E-state index < -0.39 is 109 Å². The lowest BCUT2D eigenvalue weighted by Crippen LogP contribution is -2.31. The van der Waals surface area contributed by atoms with E-state index in [9.17, 15) is 71.7 Å². The zero-order valence-electron chi connectivity index (χ0n) is 31.8. The molecule has 0 radical (unpaired) electrons. The minimum absolute atomic E-state index is 0.0675. The van der Waals surface area contributed by atoms with Crippen LogP contribution in [-0.4, -0.2) is 95.0 Å². The molecule has 4 rings (SSSR count). The molecule has 0 unspecified atom stereocenters. The highest BCUT2D eigenvalue weighted by atomic mass is 32.2. The highest BCUT2D eigenvalue weighted by Gasteiger charge is 2.29. The molecule has 0 aromatic carbocycles. The molecule has 0 saturated heterocycles. The molecule has 20 nitrogen and oxygen atoms in total. The minimum Gasteiger partial charge on any atom is -0.385 e. The SMILES string of the molecule is C[C@@H]([C@@H](O)c1ccc(F)cn1)S(N)(=O)=O.C[C@@H]([C@H](O)c1ccc(F)cn1)S(N)(=O)=O.C[C@H]([C@@H](O)c1ccc(F)cn1)S(N)(=O)=O.C[C@H]([C@H](O)c1ccc(F)cn1)S(N)(=O)=O. The fourth-order valence-electron chi connectivity index (χ4n) is 3.93. The van der Waals surface area contributed by atoms with Gasteiger partial charge < -0.3 is 20.4 Å². The topological polar surface area (TPSA) is 373 Å². The summed E-state index contributed by atoms with van der Waals surface area (Å²) in [6.45, 7) is 5.02. The van der Waals surface area contributed by atoms with Gasteiger partial charge in [-0.3, -0.25) is 19.9 Å². The Balaban J connectivity index is 0.000000400. The number of nitrogens with zero attached hydrogens (tertiary/aromatic N) is 4. The second kappa shape index (κ2) is 22.6. The lowest BCUT2D eigenvalue weighted by atomic mass is 10.2. The van der Waals surface area contributed by atoms with Crippen LogP contribution in [0.5, 0.6) is 0 Å². The van der Waals surface area contributed by atoms with Crippen molar-refractivity contribution in [2.24, 2.45) is 20.6 Å². The minimum atomic E-state index is -3.84. The van der Waals surface area contributed by atoms with E-state index in [0.717, 1.165) is 49.1 Å². The van der Waals surface area contributed by atoms with Gasteiger partial charge in [-0.05, 0) is 76.2 Å². The molecular weight excluding hydrogens is 893 g/mol. The maximum Gasteiger partial charge on any atom is 0.214 e. The average Bonchev–Trinajstić information content (AvgIpc) is 3.16. The molecule has 0 amide bonds. The van der Waals surface area contributed by atoms with E-state index in [0.29, 0.717) is 0 Å². The Morgan fingerprint density at radius 2 is 0.533 bits per heavy atom. The summed E-state index contributed by atoms with van der Waals surface area (Å²) in [5.41, 5.74) is 0.270. The molecule has 0 fully saturated rings. The second-order valence-corrected chi connectivity index (χ2v) is 20.2. The Morgan fingerprint density at radius 1 is 0.383 bits per heavy atom. The van der Waals surface area contributed by atoms with Crippen molar-refractivity contribution in [3.8, 4) is 0 Å². The van der Waals surface area contributed by atoms with Gasteiger partial charge in [0, 0.05) is 0 Å². The van der Waals surface area contributed by atoms with E-state index in [-0.39, 0.29) is 22.8 Å². The fourth-order valence-corrected chi connectivity index (χ4v) is 5.92. The number of aliphatic hydroxyl groups is 4. The Labute approximate surface area is 343 Å². The quantitative estimate of drug-likeness (QED) is 0.0847. The third-order valence-electron chi connectivity index (χ3n) is 8.06. The monoisotopic (exact) mass is 936 g/mol. The lowest BCUT2D eigenvalue weighted by molar-refractivity contribution is 0.170. The van der Waals surface area contributed by atoms with Crippen molar-refractivity contribution in [1.29, 1.82) is 0 Å². The Kier molecular flexibility index (Phi) is 20.3. The van der Waals surface area contributed by atoms with Gasteiger partial charge >= 0.3 is 0 Å². The fraction of sp³-hybridized carbons (Fsp3) is 0.375. The normalized spacial score (nSPS) is 16.0. The molecule has 4 aromatic heterocycles. The second-order valence-electron chi connectivity index (χ2n) is 12.6. The van der Waals surface area contributed by atoms with Crippen molar-refractivity contribution in [2.75, 3.05) is 0 Å². The third-order valence-corrected chi connectivity index (χ3v) is 13.2. The number of hydrogen-bond acceptors (Lipinski definition) is 16. The molecule has 4 aromatic rings. The number of primary sulfonamides is 4. The van der Waals surface area contributed by atoms with E-state index in [1.807, 2.05) is 0 Å². The van der Waals surface area contributed by atoms with Crippen LogP contribution in [0, 0.1) is 23.3 Å². The smallest absolute Gasteiger partial charge is 0.214 e. The van der Waals surface area contributed by atoms with Gasteiger partial charge in [-0.1, -0.05) is 0 Å². The van der Waals surface area contributed by atoms with E-state index in [2.05, 4.69) is 19.9 Å². The van der Waals surface area contributed by atoms with Crippen molar-refractivity contribution >= 4 is 40.1 Å². The van der Waals surface area contributed by atoms with Crippen molar-refractivity contribution in [3.05, 3.63) is 119 Å². The highest BCUT2D eigenvalue weighted by Crippen LogP contribution is 2.21. The molecule has 336 valence electrons. The van der Waals surface area contributed by atoms with Crippen LogP contribution in [0.1, 0.15) is 74.9 Å². The van der Waals surface area contributed by atoms with Gasteiger partial charge in [-0.25, -0.2) is 71.8 Å². The zero-order valence-corrected chi connectivity index (χ0v) is 35.1. The molecule has 0 saturated carbocycles. The first-order valence-electron chi connectivity index (χ1n) is 16.5. The Morgan fingerprint density at radius 3 is 0.633 bits per heavy atom. The summed E-state index contributed by atoms with van der Waals surface area (Å²) in [5.74, 6) is -2.24. The third kappa shape index (κ3) is 17.8. The molecular formula is C32H44F4N8O12S4. The summed E-state index contributed by atoms with van der Waals surface area (Å²) in [7, 11) is -15.4. The number of hydrogen-bond donors (Lipinski definition) is 8. The number of aromatic nitrogens is 4. The summed E-state index contributed by atoms with van der Waals surface area (Å²) in [6, 6.07) is 9.18. The predicted octanol–water partition coefficient (Wildman–Crippen LogP) is -0.276. The van der Waals surface area contributed by atoms with Gasteiger partial charge in [0.25, 0.3) is 0 Å². The van der Waals surface area contributed by atoms with E-state index in [1.54, 1.807) is 0 Å². The highest BCUT2D eigenvalue weighted by molar-refractivity contribution is 7.90. The molecule has 0 aliphatic heterocycles. The molecule has 60 heavy (non-hydrogen) atoms. The summed E-state index contributed by atoms with van der Waals surface area (Å²) < 4.78 is 137. The maximum atomic E-state index is 12.5. The van der Waals surface area contributed by atoms with Crippen LogP contribution in [0.3, 0.4) is 0 Å². The van der Waals surface area contributed by atoms with E-state index in [4.69, 9.17) is 20.6 Å². The molecule has 0 aliphatic carbocycles. The number of sulfonamides is 4. The lowest BCUT2D eigenvalue weighted by Gasteiger charge is -2.15. The number of halogens is 4. The van der Waals surface area contributed by atoms with Crippen molar-refractivity contribution < 1.29 is 71.7 Å². The first kappa shape index (κ1) is 53.8. The predicted molar refractivity (Wildman–Crippen MR) is 207 cm³/mol. The zero-order chi connectivity index (χ0) is 46.6. The Hall–Kier alpha value is -4.20. The van der Waals surface area contributed by atoms with Gasteiger partial charge in [-0.2, -0.15) is 0 Å². The van der Waals surface area contributed by atoms with Crippen LogP contribution in [0.4, 0.5) is 17.6 Å². The van der Waals surface area contributed by atoms with Crippen molar-refractivity contribution in [3.63, 3.8) is 0 Å². The summed E-state index contributed by atoms with van der Waals surface area (Å²) in [6.07, 6.45) is -1.85. The maximum absolute atomic E-state index is 12.5. The van der Waals surface area contributed by atoms with Crippen LogP contribution in [0.25, 0.3) is 0 Å². The molecule has 0 bridgehead atoms. The number of aliphatic hydroxyl groups excluding tert-OH is 4.